The van der Waals surface area contributed by atoms with E-state index in [1.807, 2.05) is 18.2 Å². The zero-order chi connectivity index (χ0) is 14.5. The van der Waals surface area contributed by atoms with Crippen LogP contribution in [0.1, 0.15) is 43.7 Å². The number of ether oxygens (including phenoxy) is 1. The summed E-state index contributed by atoms with van der Waals surface area (Å²) in [4.78, 5) is 10.6. The van der Waals surface area contributed by atoms with E-state index in [-0.39, 0.29) is 12.5 Å². The van der Waals surface area contributed by atoms with Crippen LogP contribution in [-0.2, 0) is 4.79 Å². The number of halogens is 1. The molecular weight excluding hydrogens is 322 g/mol. The Morgan fingerprint density at radius 2 is 2.25 bits per heavy atom. The lowest BCUT2D eigenvalue weighted by Crippen LogP contribution is -2.19. The van der Waals surface area contributed by atoms with Crippen LogP contribution in [0.25, 0.3) is 0 Å². The van der Waals surface area contributed by atoms with Crippen LogP contribution in [-0.4, -0.2) is 17.7 Å². The lowest BCUT2D eigenvalue weighted by Gasteiger charge is -2.25. The van der Waals surface area contributed by atoms with Gasteiger partial charge in [-0.2, -0.15) is 0 Å². The van der Waals surface area contributed by atoms with Crippen molar-refractivity contribution in [3.8, 4) is 5.75 Å². The van der Waals surface area contributed by atoms with Crippen molar-refractivity contribution < 1.29 is 14.6 Å². The summed E-state index contributed by atoms with van der Waals surface area (Å²) in [6.07, 6.45) is 4.35. The maximum absolute atomic E-state index is 10.6. The van der Waals surface area contributed by atoms with Crippen molar-refractivity contribution in [2.24, 2.45) is 11.7 Å². The topological polar surface area (TPSA) is 72.6 Å². The van der Waals surface area contributed by atoms with Crippen LogP contribution < -0.4 is 10.5 Å². The Morgan fingerprint density at radius 3 is 2.80 bits per heavy atom. The molecule has 2 rings (SSSR count). The molecule has 0 saturated heterocycles. The smallest absolute Gasteiger partial charge is 0.303 e. The van der Waals surface area contributed by atoms with Gasteiger partial charge in [-0.15, -0.1) is 0 Å². The summed E-state index contributed by atoms with van der Waals surface area (Å²) in [5.74, 6) is 0.699. The average Bonchev–Trinajstić information content (AvgIpc) is 2.35. The van der Waals surface area contributed by atoms with Gasteiger partial charge in [0.25, 0.3) is 0 Å². The van der Waals surface area contributed by atoms with E-state index in [1.165, 1.54) is 19.3 Å². The molecule has 1 saturated carbocycles. The van der Waals surface area contributed by atoms with E-state index in [0.717, 1.165) is 22.4 Å². The number of carboxylic acids is 1. The maximum Gasteiger partial charge on any atom is 0.303 e. The van der Waals surface area contributed by atoms with E-state index < -0.39 is 5.97 Å². The Kier molecular flexibility index (Phi) is 5.43. The van der Waals surface area contributed by atoms with Crippen molar-refractivity contribution in [2.75, 3.05) is 6.61 Å². The van der Waals surface area contributed by atoms with E-state index in [9.17, 15) is 4.79 Å². The van der Waals surface area contributed by atoms with E-state index in [1.54, 1.807) is 0 Å². The van der Waals surface area contributed by atoms with Crippen LogP contribution in [0.4, 0.5) is 0 Å². The van der Waals surface area contributed by atoms with E-state index in [0.29, 0.717) is 12.3 Å². The molecule has 0 spiro atoms. The van der Waals surface area contributed by atoms with Gasteiger partial charge >= 0.3 is 5.97 Å². The van der Waals surface area contributed by atoms with Crippen LogP contribution in [0.15, 0.2) is 22.7 Å². The van der Waals surface area contributed by atoms with E-state index in [2.05, 4.69) is 15.9 Å². The van der Waals surface area contributed by atoms with Gasteiger partial charge in [0, 0.05) is 12.5 Å². The predicted molar refractivity (Wildman–Crippen MR) is 80.8 cm³/mol. The molecule has 0 aromatic heterocycles. The van der Waals surface area contributed by atoms with Crippen molar-refractivity contribution in [3.05, 3.63) is 28.2 Å². The number of benzene rings is 1. The molecule has 0 radical (unpaired) electrons. The third-order valence-electron chi connectivity index (χ3n) is 3.75. The minimum absolute atomic E-state index is 0.0821. The number of hydrogen-bond donors (Lipinski definition) is 2. The number of carbonyl (C=O) groups is 1. The van der Waals surface area contributed by atoms with Crippen molar-refractivity contribution in [3.63, 3.8) is 0 Å². The Labute approximate surface area is 127 Å². The fourth-order valence-electron chi connectivity index (χ4n) is 2.18. The fraction of sp³-hybridized carbons (Fsp3) is 0.533. The number of rotatable bonds is 7. The molecule has 1 atom stereocenters. The van der Waals surface area contributed by atoms with Gasteiger partial charge in [-0.3, -0.25) is 4.79 Å². The number of aliphatic carboxylic acids is 1. The third-order valence-corrected chi connectivity index (χ3v) is 4.37. The van der Waals surface area contributed by atoms with E-state index >= 15 is 0 Å². The lowest BCUT2D eigenvalue weighted by molar-refractivity contribution is -0.137. The van der Waals surface area contributed by atoms with Crippen LogP contribution >= 0.6 is 15.9 Å². The molecule has 1 aliphatic rings. The highest BCUT2D eigenvalue weighted by Crippen LogP contribution is 2.32. The molecule has 110 valence electrons. The van der Waals surface area contributed by atoms with Gasteiger partial charge < -0.3 is 15.6 Å². The highest BCUT2D eigenvalue weighted by Gasteiger charge is 2.18. The number of hydrogen-bond acceptors (Lipinski definition) is 3. The van der Waals surface area contributed by atoms with Crippen molar-refractivity contribution >= 4 is 21.9 Å². The van der Waals surface area contributed by atoms with Gasteiger partial charge in [-0.1, -0.05) is 12.5 Å². The van der Waals surface area contributed by atoms with Crippen molar-refractivity contribution in [1.29, 1.82) is 0 Å². The van der Waals surface area contributed by atoms with Crippen LogP contribution in [0.2, 0.25) is 0 Å². The highest BCUT2D eigenvalue weighted by molar-refractivity contribution is 9.10. The van der Waals surface area contributed by atoms with Gasteiger partial charge in [0.05, 0.1) is 11.1 Å². The molecule has 20 heavy (non-hydrogen) atoms. The monoisotopic (exact) mass is 341 g/mol. The molecule has 1 aromatic rings. The minimum atomic E-state index is -0.819. The largest absolute Gasteiger partial charge is 0.492 e. The van der Waals surface area contributed by atoms with Crippen molar-refractivity contribution in [2.45, 2.75) is 38.1 Å². The normalized spacial score (nSPS) is 16.5. The molecule has 1 fully saturated rings. The number of nitrogens with two attached hydrogens (primary N) is 1. The third kappa shape index (κ3) is 4.21. The van der Waals surface area contributed by atoms with Gasteiger partial charge in [0.2, 0.25) is 0 Å². The SMILES string of the molecule is NC(CCC(=O)O)c1ccc(OCC2CCC2)c(Br)c1. The minimum Gasteiger partial charge on any atom is -0.492 e. The first-order chi connectivity index (χ1) is 9.56. The molecule has 0 bridgehead atoms. The zero-order valence-electron chi connectivity index (χ0n) is 11.3. The van der Waals surface area contributed by atoms with Crippen LogP contribution in [0.3, 0.4) is 0 Å². The molecule has 0 amide bonds. The van der Waals surface area contributed by atoms with Crippen LogP contribution in [0, 0.1) is 5.92 Å². The highest BCUT2D eigenvalue weighted by atomic mass is 79.9. The Morgan fingerprint density at radius 1 is 1.50 bits per heavy atom. The van der Waals surface area contributed by atoms with Gasteiger partial charge in [-0.05, 0) is 58.8 Å². The Bertz CT molecular complexity index is 474. The quantitative estimate of drug-likeness (QED) is 0.796. The lowest BCUT2D eigenvalue weighted by atomic mass is 9.86. The second kappa shape index (κ2) is 7.09. The summed E-state index contributed by atoms with van der Waals surface area (Å²) >= 11 is 3.49. The summed E-state index contributed by atoms with van der Waals surface area (Å²) in [5, 5.41) is 8.67. The Hall–Kier alpha value is -1.07. The molecule has 1 unspecified atom stereocenters. The summed E-state index contributed by atoms with van der Waals surface area (Å²) < 4.78 is 6.67. The molecule has 0 heterocycles. The molecular formula is C15H20BrNO3. The number of carboxylic acid groups (broad SMARTS) is 1. The standard InChI is InChI=1S/C15H20BrNO3/c16-12-8-11(13(17)5-7-15(18)19)4-6-14(12)20-9-10-2-1-3-10/h4,6,8,10,13H,1-3,5,7,9,17H2,(H,18,19). The van der Waals surface area contributed by atoms with Crippen molar-refractivity contribution in [1.82, 2.24) is 0 Å². The predicted octanol–water partition coefficient (Wildman–Crippen LogP) is 3.49. The first kappa shape index (κ1) is 15.3. The molecule has 4 nitrogen and oxygen atoms in total. The second-order valence-corrected chi connectivity index (χ2v) is 6.19. The first-order valence-electron chi connectivity index (χ1n) is 6.96. The van der Waals surface area contributed by atoms with Gasteiger partial charge in [-0.25, -0.2) is 0 Å². The maximum atomic E-state index is 10.6. The molecule has 3 N–H and O–H groups in total. The molecule has 5 heteroatoms. The summed E-state index contributed by atoms with van der Waals surface area (Å²) in [6, 6.07) is 5.47. The van der Waals surface area contributed by atoms with Gasteiger partial charge in [0.1, 0.15) is 5.75 Å². The molecule has 0 aliphatic heterocycles. The van der Waals surface area contributed by atoms with Gasteiger partial charge in [0.15, 0.2) is 0 Å². The summed E-state index contributed by atoms with van der Waals surface area (Å²) in [7, 11) is 0. The zero-order valence-corrected chi connectivity index (χ0v) is 12.9. The first-order valence-corrected chi connectivity index (χ1v) is 7.75. The average molecular weight is 342 g/mol. The summed E-state index contributed by atoms with van der Waals surface area (Å²) in [5.41, 5.74) is 6.92. The second-order valence-electron chi connectivity index (χ2n) is 5.34. The summed E-state index contributed by atoms with van der Waals surface area (Å²) in [6.45, 7) is 0.767. The molecule has 1 aromatic carbocycles. The Balaban J connectivity index is 1.91. The van der Waals surface area contributed by atoms with E-state index in [4.69, 9.17) is 15.6 Å². The molecule has 1 aliphatic carbocycles. The van der Waals surface area contributed by atoms with Crippen LogP contribution in [0.5, 0.6) is 5.75 Å². The fourth-order valence-corrected chi connectivity index (χ4v) is 2.69.